The number of carbonyl (C=O) groups is 1. The average molecular weight is 227 g/mol. The Morgan fingerprint density at radius 3 is 2.27 bits per heavy atom. The molecule has 0 amide bonds. The number of aliphatic carboxylic acids is 1. The molecule has 4 heteroatoms. The van der Waals surface area contributed by atoms with Gasteiger partial charge in [0.05, 0.1) is 0 Å². The Morgan fingerprint density at radius 2 is 1.87 bits per heavy atom. The molecule has 1 aromatic carbocycles. The summed E-state index contributed by atoms with van der Waals surface area (Å²) >= 11 is 4.12. The summed E-state index contributed by atoms with van der Waals surface area (Å²) in [4.78, 5) is 11.3. The van der Waals surface area contributed by atoms with E-state index in [1.165, 1.54) is 0 Å². The highest BCUT2D eigenvalue weighted by Crippen LogP contribution is 2.09. The molecule has 15 heavy (non-hydrogen) atoms. The molecular weight excluding hydrogens is 210 g/mol. The minimum absolute atomic E-state index is 0.351. The van der Waals surface area contributed by atoms with Crippen molar-refractivity contribution < 1.29 is 9.90 Å². The van der Waals surface area contributed by atoms with Crippen LogP contribution in [0.4, 0.5) is 0 Å². The van der Waals surface area contributed by atoms with Crippen molar-refractivity contribution in [2.75, 3.05) is 0 Å². The second-order valence-corrected chi connectivity index (χ2v) is 3.33. The van der Waals surface area contributed by atoms with Crippen molar-refractivity contribution in [1.29, 1.82) is 0 Å². The number of hydrogen-bond acceptors (Lipinski definition) is 3. The predicted octanol–water partition coefficient (Wildman–Crippen LogP) is 1.96. The second kappa shape index (κ2) is 7.31. The lowest BCUT2D eigenvalue weighted by molar-refractivity contribution is -0.138. The second-order valence-electron chi connectivity index (χ2n) is 2.82. The van der Waals surface area contributed by atoms with Gasteiger partial charge in [-0.2, -0.15) is 0 Å². The number of hydrogen-bond donors (Lipinski definition) is 3. The summed E-state index contributed by atoms with van der Waals surface area (Å²) in [7, 11) is 0. The van der Waals surface area contributed by atoms with E-state index in [1.54, 1.807) is 0 Å². The largest absolute Gasteiger partial charge is 0.480 e. The van der Waals surface area contributed by atoms with E-state index in [-0.39, 0.29) is 0 Å². The maximum atomic E-state index is 10.4. The van der Waals surface area contributed by atoms with Gasteiger partial charge in [0.2, 0.25) is 0 Å². The Bertz CT molecular complexity index is 298. The Kier molecular flexibility index (Phi) is 6.83. The molecule has 1 unspecified atom stereocenters. The molecule has 0 aliphatic heterocycles. The maximum Gasteiger partial charge on any atom is 0.320 e. The van der Waals surface area contributed by atoms with Crippen molar-refractivity contribution in [1.82, 2.24) is 0 Å². The number of nitrogens with two attached hydrogens (primary N) is 1. The fraction of sp³-hybridized carbons (Fsp3) is 0.364. The molecule has 84 valence electrons. The van der Waals surface area contributed by atoms with E-state index in [9.17, 15) is 4.79 Å². The summed E-state index contributed by atoms with van der Waals surface area (Å²) in [5.74, 6) is -0.977. The van der Waals surface area contributed by atoms with Gasteiger partial charge in [0.15, 0.2) is 0 Å². The Balaban J connectivity index is 0.000000921. The van der Waals surface area contributed by atoms with Crippen LogP contribution in [0.5, 0.6) is 0 Å². The van der Waals surface area contributed by atoms with Gasteiger partial charge in [0, 0.05) is 4.90 Å². The Hall–Kier alpha value is -1.00. The van der Waals surface area contributed by atoms with Crippen LogP contribution in [0.25, 0.3) is 0 Å². The van der Waals surface area contributed by atoms with Crippen molar-refractivity contribution in [2.45, 2.75) is 31.2 Å². The Morgan fingerprint density at radius 1 is 1.40 bits per heavy atom. The summed E-state index contributed by atoms with van der Waals surface area (Å²) in [6.45, 7) is 4.00. The summed E-state index contributed by atoms with van der Waals surface area (Å²) < 4.78 is 0. The molecule has 3 nitrogen and oxygen atoms in total. The highest BCUT2D eigenvalue weighted by Gasteiger charge is 2.11. The molecule has 0 aliphatic carbocycles. The summed E-state index contributed by atoms with van der Waals surface area (Å²) in [6, 6.07) is 6.45. The van der Waals surface area contributed by atoms with Crippen molar-refractivity contribution in [3.8, 4) is 0 Å². The maximum absolute atomic E-state index is 10.4. The van der Waals surface area contributed by atoms with E-state index in [4.69, 9.17) is 10.8 Å². The van der Waals surface area contributed by atoms with Crippen molar-refractivity contribution in [3.05, 3.63) is 29.8 Å². The molecule has 0 aromatic heterocycles. The van der Waals surface area contributed by atoms with E-state index in [2.05, 4.69) is 12.6 Å². The monoisotopic (exact) mass is 227 g/mol. The topological polar surface area (TPSA) is 63.3 Å². The summed E-state index contributed by atoms with van der Waals surface area (Å²) in [6.07, 6.45) is 0.351. The van der Waals surface area contributed by atoms with Gasteiger partial charge >= 0.3 is 5.97 Å². The SMILES string of the molecule is CC.NC(Cc1ccc(S)cc1)C(=O)O. The average Bonchev–Trinajstić information content (AvgIpc) is 2.24. The number of thiol groups is 1. The standard InChI is InChI=1S/C9H11NO2S.C2H6/c10-8(9(11)12)5-6-1-3-7(13)4-2-6;1-2/h1-4,8,13H,5,10H2,(H,11,12);1-2H3. The first kappa shape index (κ1) is 14.0. The van der Waals surface area contributed by atoms with Crippen molar-refractivity contribution >= 4 is 18.6 Å². The first-order chi connectivity index (χ1) is 7.09. The zero-order valence-electron chi connectivity index (χ0n) is 8.97. The van der Waals surface area contributed by atoms with Gasteiger partial charge in [-0.15, -0.1) is 12.6 Å². The van der Waals surface area contributed by atoms with E-state index in [0.29, 0.717) is 6.42 Å². The third-order valence-electron chi connectivity index (χ3n) is 1.71. The number of benzene rings is 1. The molecule has 0 bridgehead atoms. The normalized spacial score (nSPS) is 11.2. The number of rotatable bonds is 3. The van der Waals surface area contributed by atoms with Crippen LogP contribution in [0.15, 0.2) is 29.2 Å². The van der Waals surface area contributed by atoms with E-state index < -0.39 is 12.0 Å². The molecule has 0 spiro atoms. The number of carboxylic acid groups (broad SMARTS) is 1. The first-order valence-corrected chi connectivity index (χ1v) is 5.30. The molecule has 0 saturated carbocycles. The van der Waals surface area contributed by atoms with Gasteiger partial charge in [-0.1, -0.05) is 26.0 Å². The van der Waals surface area contributed by atoms with E-state index >= 15 is 0 Å². The molecule has 1 rings (SSSR count). The van der Waals surface area contributed by atoms with Gasteiger partial charge in [0.25, 0.3) is 0 Å². The smallest absolute Gasteiger partial charge is 0.320 e. The molecular formula is C11H17NO2S. The van der Waals surface area contributed by atoms with Crippen molar-refractivity contribution in [3.63, 3.8) is 0 Å². The minimum Gasteiger partial charge on any atom is -0.480 e. The lowest BCUT2D eigenvalue weighted by Gasteiger charge is -2.05. The van der Waals surface area contributed by atoms with Gasteiger partial charge in [0.1, 0.15) is 6.04 Å². The van der Waals surface area contributed by atoms with Gasteiger partial charge < -0.3 is 10.8 Å². The molecule has 0 fully saturated rings. The summed E-state index contributed by atoms with van der Waals surface area (Å²) in [5, 5.41) is 8.56. The zero-order chi connectivity index (χ0) is 11.8. The molecule has 1 atom stereocenters. The zero-order valence-corrected chi connectivity index (χ0v) is 9.87. The predicted molar refractivity (Wildman–Crippen MR) is 64.4 cm³/mol. The lowest BCUT2D eigenvalue weighted by Crippen LogP contribution is -2.32. The molecule has 0 heterocycles. The van der Waals surface area contributed by atoms with Crippen molar-refractivity contribution in [2.24, 2.45) is 5.73 Å². The third kappa shape index (κ3) is 5.44. The Labute approximate surface area is 95.7 Å². The van der Waals surface area contributed by atoms with E-state index in [1.807, 2.05) is 38.1 Å². The van der Waals surface area contributed by atoms with Crippen LogP contribution < -0.4 is 5.73 Å². The molecule has 1 aromatic rings. The highest BCUT2D eigenvalue weighted by molar-refractivity contribution is 7.80. The molecule has 3 N–H and O–H groups in total. The van der Waals surface area contributed by atoms with Crippen LogP contribution in [-0.4, -0.2) is 17.1 Å². The third-order valence-corrected chi connectivity index (χ3v) is 2.01. The van der Waals surface area contributed by atoms with Crippen LogP contribution in [0.2, 0.25) is 0 Å². The van der Waals surface area contributed by atoms with E-state index in [0.717, 1.165) is 10.5 Å². The van der Waals surface area contributed by atoms with Crippen LogP contribution in [0.1, 0.15) is 19.4 Å². The van der Waals surface area contributed by atoms with Gasteiger partial charge in [-0.3, -0.25) is 4.79 Å². The fourth-order valence-electron chi connectivity index (χ4n) is 0.973. The first-order valence-electron chi connectivity index (χ1n) is 4.86. The number of carboxylic acids is 1. The fourth-order valence-corrected chi connectivity index (χ4v) is 1.12. The quantitative estimate of drug-likeness (QED) is 0.692. The molecule has 0 radical (unpaired) electrons. The lowest BCUT2D eigenvalue weighted by atomic mass is 10.1. The minimum atomic E-state index is -0.977. The van der Waals surface area contributed by atoms with Crippen LogP contribution in [-0.2, 0) is 11.2 Å². The highest BCUT2D eigenvalue weighted by atomic mass is 32.1. The summed E-state index contributed by atoms with van der Waals surface area (Å²) in [5.41, 5.74) is 6.28. The van der Waals surface area contributed by atoms with Gasteiger partial charge in [-0.25, -0.2) is 0 Å². The molecule has 0 saturated heterocycles. The molecule has 0 aliphatic rings. The van der Waals surface area contributed by atoms with Crippen LogP contribution in [0.3, 0.4) is 0 Å². The van der Waals surface area contributed by atoms with Crippen LogP contribution in [0, 0.1) is 0 Å². The van der Waals surface area contributed by atoms with Crippen LogP contribution >= 0.6 is 12.6 Å². The van der Waals surface area contributed by atoms with Gasteiger partial charge in [-0.05, 0) is 24.1 Å².